The molecular weight excluding hydrogens is 423 g/mol. The second-order valence-corrected chi connectivity index (χ2v) is 10.2. The fourth-order valence-electron chi connectivity index (χ4n) is 5.88. The van der Waals surface area contributed by atoms with Crippen molar-refractivity contribution in [1.82, 2.24) is 4.90 Å². The van der Waals surface area contributed by atoms with Crippen molar-refractivity contribution < 1.29 is 9.18 Å². The van der Waals surface area contributed by atoms with Crippen LogP contribution in [-0.2, 0) is 23.2 Å². The van der Waals surface area contributed by atoms with Gasteiger partial charge in [-0.25, -0.2) is 4.39 Å². The highest BCUT2D eigenvalue weighted by Gasteiger charge is 2.46. The number of benzene rings is 3. The van der Waals surface area contributed by atoms with Crippen molar-refractivity contribution in [3.05, 3.63) is 100 Å². The number of hydrogen-bond acceptors (Lipinski definition) is 2. The quantitative estimate of drug-likeness (QED) is 0.473. The van der Waals surface area contributed by atoms with E-state index in [0.29, 0.717) is 13.0 Å². The molecular formula is C30H33FN2O. The van der Waals surface area contributed by atoms with Gasteiger partial charge in [0.1, 0.15) is 5.82 Å². The van der Waals surface area contributed by atoms with E-state index in [-0.39, 0.29) is 17.1 Å². The molecule has 0 aromatic heterocycles. The van der Waals surface area contributed by atoms with Gasteiger partial charge in [0, 0.05) is 30.6 Å². The van der Waals surface area contributed by atoms with Crippen molar-refractivity contribution in [3.63, 3.8) is 0 Å². The van der Waals surface area contributed by atoms with E-state index in [4.69, 9.17) is 0 Å². The van der Waals surface area contributed by atoms with E-state index >= 15 is 0 Å². The molecule has 2 aliphatic heterocycles. The summed E-state index contributed by atoms with van der Waals surface area (Å²) in [7, 11) is 0. The number of likely N-dealkylation sites (tertiary alicyclic amines) is 1. The summed E-state index contributed by atoms with van der Waals surface area (Å²) in [5.74, 6) is -0.0828. The molecule has 3 aromatic carbocycles. The summed E-state index contributed by atoms with van der Waals surface area (Å²) < 4.78 is 14.3. The van der Waals surface area contributed by atoms with Gasteiger partial charge in [0.15, 0.2) is 0 Å². The molecule has 0 N–H and O–H groups in total. The van der Waals surface area contributed by atoms with Crippen LogP contribution in [-0.4, -0.2) is 30.4 Å². The topological polar surface area (TPSA) is 23.6 Å². The highest BCUT2D eigenvalue weighted by atomic mass is 19.1. The summed E-state index contributed by atoms with van der Waals surface area (Å²) in [4.78, 5) is 17.7. The largest absolute Gasteiger partial charge is 0.311 e. The van der Waals surface area contributed by atoms with E-state index in [0.717, 1.165) is 50.1 Å². The lowest BCUT2D eigenvalue weighted by atomic mass is 9.74. The summed E-state index contributed by atoms with van der Waals surface area (Å²) in [6.45, 7) is 7.80. The molecule has 4 heteroatoms. The van der Waals surface area contributed by atoms with Crippen LogP contribution in [0.1, 0.15) is 47.1 Å². The summed E-state index contributed by atoms with van der Waals surface area (Å²) in [5.41, 5.74) is 6.89. The number of piperidine rings is 1. The minimum Gasteiger partial charge on any atom is -0.311 e. The smallest absolute Gasteiger partial charge is 0.227 e. The third-order valence-electron chi connectivity index (χ3n) is 7.55. The first-order valence-corrected chi connectivity index (χ1v) is 12.4. The molecule has 5 rings (SSSR count). The third kappa shape index (κ3) is 4.65. The van der Waals surface area contributed by atoms with Crippen LogP contribution in [0.15, 0.2) is 66.7 Å². The number of carbonyl (C=O) groups excluding carboxylic acids is 1. The van der Waals surface area contributed by atoms with E-state index in [1.807, 2.05) is 29.2 Å². The molecule has 0 aliphatic carbocycles. The van der Waals surface area contributed by atoms with Crippen LogP contribution < -0.4 is 4.90 Å². The Hall–Kier alpha value is -2.98. The van der Waals surface area contributed by atoms with Crippen molar-refractivity contribution in [1.29, 1.82) is 0 Å². The second-order valence-electron chi connectivity index (χ2n) is 10.2. The number of hydrogen-bond donors (Lipinski definition) is 0. The highest BCUT2D eigenvalue weighted by Crippen LogP contribution is 2.47. The number of aryl methyl sites for hydroxylation is 3. The normalized spacial score (nSPS) is 17.2. The molecule has 0 bridgehead atoms. The Morgan fingerprint density at radius 3 is 2.32 bits per heavy atom. The molecule has 2 aliphatic rings. The van der Waals surface area contributed by atoms with Gasteiger partial charge in [-0.3, -0.25) is 9.69 Å². The number of nitrogens with zero attached hydrogens (tertiary/aromatic N) is 2. The molecule has 3 nitrogen and oxygen atoms in total. The summed E-state index contributed by atoms with van der Waals surface area (Å²) in [5, 5.41) is 0. The number of carbonyl (C=O) groups is 1. The Balaban J connectivity index is 1.30. The Kier molecular flexibility index (Phi) is 6.26. The minimum absolute atomic E-state index is 0.131. The summed E-state index contributed by atoms with van der Waals surface area (Å²) in [6.07, 6.45) is 3.08. The van der Waals surface area contributed by atoms with E-state index in [1.54, 1.807) is 6.07 Å². The van der Waals surface area contributed by atoms with Gasteiger partial charge in [-0.2, -0.15) is 0 Å². The zero-order valence-corrected chi connectivity index (χ0v) is 20.2. The Morgan fingerprint density at radius 1 is 0.912 bits per heavy atom. The van der Waals surface area contributed by atoms with Crippen LogP contribution in [0.4, 0.5) is 10.1 Å². The lowest BCUT2D eigenvalue weighted by Crippen LogP contribution is -2.45. The van der Waals surface area contributed by atoms with E-state index in [9.17, 15) is 9.18 Å². The van der Waals surface area contributed by atoms with Gasteiger partial charge in [0.05, 0.1) is 0 Å². The van der Waals surface area contributed by atoms with E-state index in [2.05, 4.69) is 49.1 Å². The van der Waals surface area contributed by atoms with E-state index in [1.165, 1.54) is 28.3 Å². The molecule has 1 spiro atoms. The molecule has 176 valence electrons. The van der Waals surface area contributed by atoms with Gasteiger partial charge in [0.25, 0.3) is 0 Å². The lowest BCUT2D eigenvalue weighted by molar-refractivity contribution is -0.118. The van der Waals surface area contributed by atoms with Gasteiger partial charge in [-0.15, -0.1) is 0 Å². The van der Waals surface area contributed by atoms with Crippen LogP contribution in [0.3, 0.4) is 0 Å². The zero-order chi connectivity index (χ0) is 23.7. The maximum Gasteiger partial charge on any atom is 0.227 e. The number of rotatable bonds is 5. The van der Waals surface area contributed by atoms with Crippen molar-refractivity contribution >= 4 is 11.6 Å². The molecule has 0 saturated carbocycles. The van der Waals surface area contributed by atoms with Crippen LogP contribution in [0.2, 0.25) is 0 Å². The first-order chi connectivity index (χ1) is 16.4. The molecule has 1 saturated heterocycles. The Bertz CT molecular complexity index is 1160. The average molecular weight is 457 g/mol. The van der Waals surface area contributed by atoms with Crippen molar-refractivity contribution in [2.45, 2.75) is 51.5 Å². The van der Waals surface area contributed by atoms with Crippen molar-refractivity contribution in [2.75, 3.05) is 24.5 Å². The SMILES string of the molecule is Cc1cc(C)cc(CN2CCC3(CC2)CN(C(=O)CCc2ccccc2)c2ccc(F)cc23)c1. The fourth-order valence-corrected chi connectivity index (χ4v) is 5.88. The lowest BCUT2D eigenvalue weighted by Gasteiger charge is -2.40. The molecule has 0 radical (unpaired) electrons. The van der Waals surface area contributed by atoms with Crippen molar-refractivity contribution in [3.8, 4) is 0 Å². The second kappa shape index (κ2) is 9.34. The molecule has 1 amide bonds. The van der Waals surface area contributed by atoms with Gasteiger partial charge >= 0.3 is 0 Å². The first-order valence-electron chi connectivity index (χ1n) is 12.4. The average Bonchev–Trinajstić information content (AvgIpc) is 3.12. The van der Waals surface area contributed by atoms with Crippen LogP contribution in [0.25, 0.3) is 0 Å². The highest BCUT2D eigenvalue weighted by molar-refractivity contribution is 5.96. The Morgan fingerprint density at radius 2 is 1.62 bits per heavy atom. The standard InChI is InChI=1S/C30H33FN2O/c1-22-16-23(2)18-25(17-22)20-32-14-12-30(13-15-32)21-33(28-10-9-26(31)19-27(28)30)29(34)11-8-24-6-4-3-5-7-24/h3-7,9-10,16-19H,8,11-15,20-21H2,1-2H3. The van der Waals surface area contributed by atoms with Gasteiger partial charge in [-0.05, 0) is 81.1 Å². The zero-order valence-electron chi connectivity index (χ0n) is 20.2. The molecule has 1 fully saturated rings. The molecule has 0 atom stereocenters. The number of amides is 1. The van der Waals surface area contributed by atoms with Crippen LogP contribution in [0.5, 0.6) is 0 Å². The molecule has 34 heavy (non-hydrogen) atoms. The van der Waals surface area contributed by atoms with Gasteiger partial charge < -0.3 is 4.90 Å². The summed E-state index contributed by atoms with van der Waals surface area (Å²) in [6, 6.07) is 21.9. The fraction of sp³-hybridized carbons (Fsp3) is 0.367. The maximum absolute atomic E-state index is 14.3. The van der Waals surface area contributed by atoms with Gasteiger partial charge in [-0.1, -0.05) is 59.7 Å². The molecule has 2 heterocycles. The number of anilines is 1. The number of halogens is 1. The minimum atomic E-state index is -0.214. The summed E-state index contributed by atoms with van der Waals surface area (Å²) >= 11 is 0. The van der Waals surface area contributed by atoms with Crippen LogP contribution in [0, 0.1) is 19.7 Å². The first kappa shape index (κ1) is 22.8. The van der Waals surface area contributed by atoms with E-state index < -0.39 is 0 Å². The molecule has 3 aromatic rings. The Labute approximate surface area is 202 Å². The predicted molar refractivity (Wildman–Crippen MR) is 136 cm³/mol. The van der Waals surface area contributed by atoms with Crippen molar-refractivity contribution in [2.24, 2.45) is 0 Å². The predicted octanol–water partition coefficient (Wildman–Crippen LogP) is 5.96. The number of fused-ring (bicyclic) bond motifs is 2. The van der Waals surface area contributed by atoms with Crippen LogP contribution >= 0.6 is 0 Å². The molecule has 0 unspecified atom stereocenters. The maximum atomic E-state index is 14.3. The monoisotopic (exact) mass is 456 g/mol. The third-order valence-corrected chi connectivity index (χ3v) is 7.55. The van der Waals surface area contributed by atoms with Gasteiger partial charge in [0.2, 0.25) is 5.91 Å².